The Kier molecular flexibility index (Phi) is 5.05. The molecule has 102 valence electrons. The van der Waals surface area contributed by atoms with Crippen LogP contribution in [0.1, 0.15) is 35.7 Å². The smallest absolute Gasteiger partial charge is 0.127 e. The molecule has 1 unspecified atom stereocenters. The highest BCUT2D eigenvalue weighted by Gasteiger charge is 2.12. The molecule has 2 nitrogen and oxygen atoms in total. The fraction of sp³-hybridized carbons (Fsp3) is 0.400. The van der Waals surface area contributed by atoms with Gasteiger partial charge in [0.25, 0.3) is 0 Å². The fourth-order valence-electron chi connectivity index (χ4n) is 2.13. The summed E-state index contributed by atoms with van der Waals surface area (Å²) in [5.74, 6) is -0.133. The molecule has 1 N–H and O–H groups in total. The Hall–Kier alpha value is -1.26. The Labute approximate surface area is 117 Å². The number of aryl methyl sites for hydroxylation is 1. The summed E-state index contributed by atoms with van der Waals surface area (Å²) < 4.78 is 13.7. The van der Waals surface area contributed by atoms with E-state index < -0.39 is 0 Å². The van der Waals surface area contributed by atoms with E-state index in [1.54, 1.807) is 17.4 Å². The summed E-state index contributed by atoms with van der Waals surface area (Å²) in [7, 11) is 0. The van der Waals surface area contributed by atoms with Crippen LogP contribution in [-0.2, 0) is 6.42 Å². The monoisotopic (exact) mass is 278 g/mol. The van der Waals surface area contributed by atoms with E-state index in [0.717, 1.165) is 35.7 Å². The highest BCUT2D eigenvalue weighted by Crippen LogP contribution is 2.19. The summed E-state index contributed by atoms with van der Waals surface area (Å²) in [6.45, 7) is 4.89. The zero-order chi connectivity index (χ0) is 13.7. The van der Waals surface area contributed by atoms with Crippen LogP contribution in [0.25, 0.3) is 0 Å². The highest BCUT2D eigenvalue weighted by atomic mass is 32.1. The van der Waals surface area contributed by atoms with Gasteiger partial charge in [-0.3, -0.25) is 0 Å². The van der Waals surface area contributed by atoms with Crippen molar-refractivity contribution in [1.29, 1.82) is 0 Å². The molecule has 0 bridgehead atoms. The first-order valence-electron chi connectivity index (χ1n) is 6.59. The van der Waals surface area contributed by atoms with Crippen LogP contribution in [0.2, 0.25) is 0 Å². The van der Waals surface area contributed by atoms with Gasteiger partial charge in [0.2, 0.25) is 0 Å². The van der Waals surface area contributed by atoms with E-state index in [4.69, 9.17) is 0 Å². The van der Waals surface area contributed by atoms with Gasteiger partial charge in [0.1, 0.15) is 5.82 Å². The van der Waals surface area contributed by atoms with E-state index in [-0.39, 0.29) is 11.9 Å². The van der Waals surface area contributed by atoms with Gasteiger partial charge in [-0.1, -0.05) is 25.1 Å². The fourth-order valence-corrected chi connectivity index (χ4v) is 2.78. The molecule has 4 heteroatoms. The van der Waals surface area contributed by atoms with Crippen LogP contribution in [0.15, 0.2) is 29.6 Å². The molecule has 2 rings (SSSR count). The molecule has 0 saturated heterocycles. The number of hydrogen-bond donors (Lipinski definition) is 1. The molecule has 0 aliphatic heterocycles. The Morgan fingerprint density at radius 1 is 1.37 bits per heavy atom. The summed E-state index contributed by atoms with van der Waals surface area (Å²) in [6, 6.07) is 7.05. The van der Waals surface area contributed by atoms with Crippen LogP contribution in [0, 0.1) is 12.7 Å². The maximum Gasteiger partial charge on any atom is 0.127 e. The first-order valence-corrected chi connectivity index (χ1v) is 7.47. The van der Waals surface area contributed by atoms with Crippen molar-refractivity contribution in [2.75, 3.05) is 6.54 Å². The first kappa shape index (κ1) is 14.2. The molecule has 0 aliphatic carbocycles. The van der Waals surface area contributed by atoms with Gasteiger partial charge in [0, 0.05) is 30.0 Å². The quantitative estimate of drug-likeness (QED) is 0.867. The van der Waals surface area contributed by atoms with Gasteiger partial charge in [-0.2, -0.15) is 0 Å². The van der Waals surface area contributed by atoms with E-state index in [2.05, 4.69) is 22.6 Å². The second-order valence-corrected chi connectivity index (χ2v) is 5.61. The summed E-state index contributed by atoms with van der Waals surface area (Å²) in [5.41, 5.74) is 1.86. The molecule has 1 aromatic carbocycles. The van der Waals surface area contributed by atoms with Crippen molar-refractivity contribution in [2.45, 2.75) is 32.7 Å². The van der Waals surface area contributed by atoms with Crippen molar-refractivity contribution in [2.24, 2.45) is 0 Å². The number of aromatic nitrogens is 1. The third-order valence-electron chi connectivity index (χ3n) is 3.13. The number of nitrogens with one attached hydrogen (secondary N) is 1. The van der Waals surface area contributed by atoms with Gasteiger partial charge in [0.05, 0.1) is 10.7 Å². The molecular weight excluding hydrogens is 259 g/mol. The van der Waals surface area contributed by atoms with Gasteiger partial charge in [-0.05, 0) is 19.4 Å². The molecule has 0 saturated carbocycles. The van der Waals surface area contributed by atoms with Gasteiger partial charge < -0.3 is 5.32 Å². The normalized spacial score (nSPS) is 12.6. The topological polar surface area (TPSA) is 24.9 Å². The molecule has 1 aromatic heterocycles. The molecule has 2 aromatic rings. The number of hydrogen-bond acceptors (Lipinski definition) is 3. The largest absolute Gasteiger partial charge is 0.309 e. The van der Waals surface area contributed by atoms with Crippen molar-refractivity contribution in [1.82, 2.24) is 10.3 Å². The minimum atomic E-state index is -0.133. The predicted molar refractivity (Wildman–Crippen MR) is 78.0 cm³/mol. The van der Waals surface area contributed by atoms with E-state index in [9.17, 15) is 4.39 Å². The van der Waals surface area contributed by atoms with E-state index in [0.29, 0.717) is 0 Å². The molecule has 0 fully saturated rings. The second-order valence-electron chi connectivity index (χ2n) is 4.54. The predicted octanol–water partition coefficient (Wildman–Crippen LogP) is 3.87. The van der Waals surface area contributed by atoms with Gasteiger partial charge in [-0.15, -0.1) is 11.3 Å². The third-order valence-corrected chi connectivity index (χ3v) is 3.95. The Morgan fingerprint density at radius 3 is 2.79 bits per heavy atom. The van der Waals surface area contributed by atoms with Crippen molar-refractivity contribution in [3.63, 3.8) is 0 Å². The molecule has 0 aliphatic rings. The molecule has 0 radical (unpaired) electrons. The standard InChI is InChI=1S/C15H19FN2S/c1-3-15(13-6-4-5-7-14(13)16)17-9-8-12-10-19-11(2)18-12/h4-7,10,15,17H,3,8-9H2,1-2H3. The molecule has 0 spiro atoms. The third kappa shape index (κ3) is 3.85. The summed E-state index contributed by atoms with van der Waals surface area (Å²) in [6.07, 6.45) is 1.76. The highest BCUT2D eigenvalue weighted by molar-refractivity contribution is 7.09. The number of halogens is 1. The van der Waals surface area contributed by atoms with Crippen LogP contribution in [-0.4, -0.2) is 11.5 Å². The lowest BCUT2D eigenvalue weighted by Crippen LogP contribution is -2.24. The number of nitrogens with zero attached hydrogens (tertiary/aromatic N) is 1. The Bertz CT molecular complexity index is 524. The molecule has 19 heavy (non-hydrogen) atoms. The first-order chi connectivity index (χ1) is 9.20. The minimum absolute atomic E-state index is 0.0703. The lowest BCUT2D eigenvalue weighted by molar-refractivity contribution is 0.490. The number of rotatable bonds is 6. The van der Waals surface area contributed by atoms with Gasteiger partial charge in [0.15, 0.2) is 0 Å². The molecular formula is C15H19FN2S. The van der Waals surface area contributed by atoms with E-state index >= 15 is 0 Å². The van der Waals surface area contributed by atoms with Crippen molar-refractivity contribution in [3.8, 4) is 0 Å². The Morgan fingerprint density at radius 2 is 2.16 bits per heavy atom. The number of benzene rings is 1. The van der Waals surface area contributed by atoms with Crippen molar-refractivity contribution >= 4 is 11.3 Å². The van der Waals surface area contributed by atoms with Crippen LogP contribution in [0.3, 0.4) is 0 Å². The average molecular weight is 278 g/mol. The zero-order valence-corrected chi connectivity index (χ0v) is 12.1. The van der Waals surface area contributed by atoms with Crippen LogP contribution in [0.4, 0.5) is 4.39 Å². The molecule has 0 amide bonds. The lowest BCUT2D eigenvalue weighted by atomic mass is 10.0. The summed E-state index contributed by atoms with van der Waals surface area (Å²) >= 11 is 1.67. The molecule has 1 atom stereocenters. The van der Waals surface area contributed by atoms with Crippen LogP contribution >= 0.6 is 11.3 Å². The van der Waals surface area contributed by atoms with Crippen molar-refractivity contribution < 1.29 is 4.39 Å². The summed E-state index contributed by atoms with van der Waals surface area (Å²) in [4.78, 5) is 4.43. The lowest BCUT2D eigenvalue weighted by Gasteiger charge is -2.17. The zero-order valence-electron chi connectivity index (χ0n) is 11.3. The van der Waals surface area contributed by atoms with Gasteiger partial charge in [-0.25, -0.2) is 9.37 Å². The maximum atomic E-state index is 13.7. The Balaban J connectivity index is 1.91. The average Bonchev–Trinajstić information content (AvgIpc) is 2.82. The van der Waals surface area contributed by atoms with Crippen LogP contribution in [0.5, 0.6) is 0 Å². The maximum absolute atomic E-state index is 13.7. The second kappa shape index (κ2) is 6.78. The van der Waals surface area contributed by atoms with Crippen LogP contribution < -0.4 is 5.32 Å². The SMILES string of the molecule is CCC(NCCc1csc(C)n1)c1ccccc1F. The minimum Gasteiger partial charge on any atom is -0.309 e. The van der Waals surface area contributed by atoms with E-state index in [1.165, 1.54) is 6.07 Å². The van der Waals surface area contributed by atoms with Crippen molar-refractivity contribution in [3.05, 3.63) is 51.7 Å². The number of thiazole rings is 1. The summed E-state index contributed by atoms with van der Waals surface area (Å²) in [5, 5.41) is 6.59. The van der Waals surface area contributed by atoms with E-state index in [1.807, 2.05) is 19.1 Å². The van der Waals surface area contributed by atoms with Gasteiger partial charge >= 0.3 is 0 Å². The molecule has 1 heterocycles.